The number of esters is 1. The van der Waals surface area contributed by atoms with E-state index in [0.29, 0.717) is 6.61 Å². The van der Waals surface area contributed by atoms with Crippen LogP contribution in [0.3, 0.4) is 0 Å². The second-order valence-electron chi connectivity index (χ2n) is 10.8. The van der Waals surface area contributed by atoms with Crippen molar-refractivity contribution in [1.82, 2.24) is 0 Å². The van der Waals surface area contributed by atoms with Crippen LogP contribution in [-0.2, 0) is 27.9 Å². The molecule has 9 nitrogen and oxygen atoms in total. The summed E-state index contributed by atoms with van der Waals surface area (Å²) in [6.07, 6.45) is 25.8. The number of aliphatic hydroxyl groups is 2. The molecule has 0 amide bonds. The van der Waals surface area contributed by atoms with Crippen molar-refractivity contribution in [3.05, 3.63) is 24.3 Å². The van der Waals surface area contributed by atoms with Crippen molar-refractivity contribution in [3.63, 3.8) is 0 Å². The molecule has 42 heavy (non-hydrogen) atoms. The standard InChI is InChI=1S/C32H61O9P/c1-3-5-7-9-11-12-13-14-15-16-17-19-21-23-25-38-28-31(29-40-42(36,37)39-27-30(34)26-33)41-32(35)24-22-20-18-10-8-6-4-2/h7,9,12-13,30-31,33-34H,3-6,8,10-11,14-29H2,1-2H3,(H,36,37)/b9-7-,13-12-. The molecule has 0 aliphatic carbocycles. The van der Waals surface area contributed by atoms with Crippen LogP contribution in [0, 0.1) is 0 Å². The first-order valence-corrected chi connectivity index (χ1v) is 17.8. The van der Waals surface area contributed by atoms with Crippen molar-refractivity contribution in [1.29, 1.82) is 0 Å². The zero-order chi connectivity index (χ0) is 31.2. The number of phosphoric acid groups is 1. The number of ether oxygens (including phenoxy) is 2. The van der Waals surface area contributed by atoms with Gasteiger partial charge >= 0.3 is 13.8 Å². The first-order chi connectivity index (χ1) is 20.3. The third-order valence-corrected chi connectivity index (χ3v) is 7.57. The molecule has 3 unspecified atom stereocenters. The van der Waals surface area contributed by atoms with Gasteiger partial charge in [0.1, 0.15) is 12.2 Å². The summed E-state index contributed by atoms with van der Waals surface area (Å²) in [6.45, 7) is 3.35. The Morgan fingerprint density at radius 3 is 2.00 bits per heavy atom. The van der Waals surface area contributed by atoms with Gasteiger partial charge in [-0.3, -0.25) is 13.8 Å². The summed E-state index contributed by atoms with van der Waals surface area (Å²) in [5.41, 5.74) is 0. The topological polar surface area (TPSA) is 132 Å². The highest BCUT2D eigenvalue weighted by molar-refractivity contribution is 7.47. The first-order valence-electron chi connectivity index (χ1n) is 16.3. The monoisotopic (exact) mass is 620 g/mol. The van der Waals surface area contributed by atoms with Crippen LogP contribution >= 0.6 is 7.82 Å². The number of phosphoric ester groups is 1. The van der Waals surface area contributed by atoms with E-state index in [9.17, 15) is 19.4 Å². The number of unbranched alkanes of at least 4 members (excludes halogenated alkanes) is 13. The third-order valence-electron chi connectivity index (χ3n) is 6.62. The molecule has 0 saturated carbocycles. The molecule has 0 heterocycles. The van der Waals surface area contributed by atoms with Gasteiger partial charge in [0, 0.05) is 13.0 Å². The van der Waals surface area contributed by atoms with Gasteiger partial charge in [0.05, 0.1) is 26.4 Å². The molecule has 0 rings (SSSR count). The molecule has 3 atom stereocenters. The Hall–Kier alpha value is -1.06. The molecule has 0 aliphatic rings. The van der Waals surface area contributed by atoms with E-state index in [1.165, 1.54) is 51.4 Å². The Morgan fingerprint density at radius 2 is 1.33 bits per heavy atom. The molecule has 0 aromatic heterocycles. The van der Waals surface area contributed by atoms with E-state index in [0.717, 1.165) is 57.8 Å². The maximum Gasteiger partial charge on any atom is 0.472 e. The Kier molecular flexibility index (Phi) is 29.2. The Bertz CT molecular complexity index is 714. The SMILES string of the molecule is CCC/C=C\C/C=C\CCCCCCCCOCC(COP(=O)(O)OCC(O)CO)OC(=O)CCCCCCCCC. The van der Waals surface area contributed by atoms with Crippen molar-refractivity contribution in [3.8, 4) is 0 Å². The average molecular weight is 621 g/mol. The van der Waals surface area contributed by atoms with Crippen LogP contribution in [0.2, 0.25) is 0 Å². The van der Waals surface area contributed by atoms with Crippen molar-refractivity contribution >= 4 is 13.8 Å². The van der Waals surface area contributed by atoms with E-state index in [4.69, 9.17) is 19.1 Å². The molecule has 10 heteroatoms. The number of hydrogen-bond donors (Lipinski definition) is 3. The van der Waals surface area contributed by atoms with Crippen molar-refractivity contribution in [2.24, 2.45) is 0 Å². The largest absolute Gasteiger partial charge is 0.472 e. The van der Waals surface area contributed by atoms with Gasteiger partial charge < -0.3 is 24.6 Å². The van der Waals surface area contributed by atoms with E-state index in [1.54, 1.807) is 0 Å². The maximum atomic E-state index is 12.4. The lowest BCUT2D eigenvalue weighted by atomic mass is 10.1. The number of aliphatic hydroxyl groups excluding tert-OH is 2. The molecule has 0 fully saturated rings. The summed E-state index contributed by atoms with van der Waals surface area (Å²) in [6, 6.07) is 0. The minimum Gasteiger partial charge on any atom is -0.457 e. The van der Waals surface area contributed by atoms with Crippen LogP contribution < -0.4 is 0 Å². The minimum atomic E-state index is -4.50. The molecular weight excluding hydrogens is 559 g/mol. The lowest BCUT2D eigenvalue weighted by molar-refractivity contribution is -0.154. The van der Waals surface area contributed by atoms with Gasteiger partial charge in [-0.05, 0) is 38.5 Å². The van der Waals surface area contributed by atoms with E-state index in [1.807, 2.05) is 0 Å². The van der Waals surface area contributed by atoms with E-state index in [-0.39, 0.29) is 19.6 Å². The third kappa shape index (κ3) is 29.0. The van der Waals surface area contributed by atoms with Gasteiger partial charge in [0.2, 0.25) is 0 Å². The normalized spacial score (nSPS) is 14.9. The van der Waals surface area contributed by atoms with E-state index < -0.39 is 39.2 Å². The molecule has 0 aromatic carbocycles. The Balaban J connectivity index is 4.26. The number of rotatable bonds is 31. The van der Waals surface area contributed by atoms with Crippen LogP contribution in [0.5, 0.6) is 0 Å². The van der Waals surface area contributed by atoms with Crippen LogP contribution in [0.25, 0.3) is 0 Å². The van der Waals surface area contributed by atoms with Crippen LogP contribution in [0.15, 0.2) is 24.3 Å². The second-order valence-corrected chi connectivity index (χ2v) is 12.3. The summed E-state index contributed by atoms with van der Waals surface area (Å²) in [5.74, 6) is -0.395. The summed E-state index contributed by atoms with van der Waals surface area (Å²) >= 11 is 0. The summed E-state index contributed by atoms with van der Waals surface area (Å²) in [5, 5.41) is 18.2. The zero-order valence-electron chi connectivity index (χ0n) is 26.5. The quantitative estimate of drug-likeness (QED) is 0.0311. The predicted octanol–water partition coefficient (Wildman–Crippen LogP) is 7.58. The zero-order valence-corrected chi connectivity index (χ0v) is 27.4. The van der Waals surface area contributed by atoms with Crippen molar-refractivity contribution in [2.75, 3.05) is 33.0 Å². The molecule has 0 aromatic rings. The van der Waals surface area contributed by atoms with Gasteiger partial charge in [0.15, 0.2) is 0 Å². The summed E-state index contributed by atoms with van der Waals surface area (Å²) in [4.78, 5) is 22.2. The molecular formula is C32H61O9P. The highest BCUT2D eigenvalue weighted by Gasteiger charge is 2.26. The number of hydrogen-bond acceptors (Lipinski definition) is 8. The second kappa shape index (κ2) is 30.0. The molecule has 0 bridgehead atoms. The van der Waals surface area contributed by atoms with Crippen LogP contribution in [0.1, 0.15) is 129 Å². The molecule has 0 saturated heterocycles. The fourth-order valence-electron chi connectivity index (χ4n) is 4.10. The van der Waals surface area contributed by atoms with Crippen molar-refractivity contribution < 1.29 is 43.0 Å². The van der Waals surface area contributed by atoms with Gasteiger partial charge in [-0.1, -0.05) is 109 Å². The van der Waals surface area contributed by atoms with Crippen LogP contribution in [-0.4, -0.2) is 66.3 Å². The molecule has 3 N–H and O–H groups in total. The smallest absolute Gasteiger partial charge is 0.457 e. The molecule has 248 valence electrons. The number of carbonyl (C=O) groups is 1. The highest BCUT2D eigenvalue weighted by Crippen LogP contribution is 2.43. The van der Waals surface area contributed by atoms with Gasteiger partial charge in [-0.25, -0.2) is 4.57 Å². The number of allylic oxidation sites excluding steroid dienone is 4. The summed E-state index contributed by atoms with van der Waals surface area (Å²) < 4.78 is 33.0. The van der Waals surface area contributed by atoms with Gasteiger partial charge in [-0.2, -0.15) is 0 Å². The molecule has 0 radical (unpaired) electrons. The predicted molar refractivity (Wildman–Crippen MR) is 168 cm³/mol. The fourth-order valence-corrected chi connectivity index (χ4v) is 4.89. The fraction of sp³-hybridized carbons (Fsp3) is 0.844. The summed E-state index contributed by atoms with van der Waals surface area (Å²) in [7, 11) is -4.50. The van der Waals surface area contributed by atoms with Gasteiger partial charge in [-0.15, -0.1) is 0 Å². The molecule has 0 spiro atoms. The van der Waals surface area contributed by atoms with E-state index in [2.05, 4.69) is 42.7 Å². The lowest BCUT2D eigenvalue weighted by Crippen LogP contribution is -2.29. The maximum absolute atomic E-state index is 12.4. The van der Waals surface area contributed by atoms with Gasteiger partial charge in [0.25, 0.3) is 0 Å². The lowest BCUT2D eigenvalue weighted by Gasteiger charge is -2.20. The van der Waals surface area contributed by atoms with E-state index >= 15 is 0 Å². The first kappa shape index (κ1) is 40.9. The Morgan fingerprint density at radius 1 is 0.738 bits per heavy atom. The average Bonchev–Trinajstić information content (AvgIpc) is 2.97. The Labute approximate surface area is 255 Å². The number of carbonyl (C=O) groups excluding carboxylic acids is 1. The van der Waals surface area contributed by atoms with Crippen molar-refractivity contribution in [2.45, 2.75) is 142 Å². The van der Waals surface area contributed by atoms with Crippen LogP contribution in [0.4, 0.5) is 0 Å². The minimum absolute atomic E-state index is 0.0436. The highest BCUT2D eigenvalue weighted by atomic mass is 31.2. The molecule has 0 aliphatic heterocycles.